The first kappa shape index (κ1) is 45.7. The Kier molecular flexibility index (Phi) is 9.91. The van der Waals surface area contributed by atoms with Crippen LogP contribution in [0.25, 0.3) is 89.0 Å². The second kappa shape index (κ2) is 17.6. The lowest BCUT2D eigenvalue weighted by molar-refractivity contribution is 0.794. The van der Waals surface area contributed by atoms with Gasteiger partial charge < -0.3 is 4.90 Å². The van der Waals surface area contributed by atoms with Crippen LogP contribution in [0.3, 0.4) is 0 Å². The van der Waals surface area contributed by atoms with Gasteiger partial charge in [0, 0.05) is 16.9 Å². The van der Waals surface area contributed by atoms with Crippen molar-refractivity contribution in [1.29, 1.82) is 0 Å². The van der Waals surface area contributed by atoms with Gasteiger partial charge >= 0.3 is 0 Å². The summed E-state index contributed by atoms with van der Waals surface area (Å²) in [7, 11) is 0. The van der Waals surface area contributed by atoms with Crippen LogP contribution in [0.1, 0.15) is 44.5 Å². The molecule has 0 saturated heterocycles. The number of hydrogen-bond acceptors (Lipinski definition) is 1. The molecule has 0 aliphatic heterocycles. The lowest BCUT2D eigenvalue weighted by Crippen LogP contribution is -2.26. The van der Waals surface area contributed by atoms with E-state index < -0.39 is 10.8 Å². The van der Waals surface area contributed by atoms with Crippen molar-refractivity contribution in [2.45, 2.75) is 10.8 Å². The average Bonchev–Trinajstić information content (AvgIpc) is 4.20. The van der Waals surface area contributed by atoms with Crippen LogP contribution in [0.2, 0.25) is 0 Å². The van der Waals surface area contributed by atoms with E-state index in [4.69, 9.17) is 0 Å². The number of fused-ring (bicyclic) bond motifs is 20. The van der Waals surface area contributed by atoms with Gasteiger partial charge in [-0.25, -0.2) is 0 Å². The maximum atomic E-state index is 2.54. The predicted octanol–water partition coefficient (Wildman–Crippen LogP) is 20.5. The first-order valence-corrected chi connectivity index (χ1v) is 28.3. The molecule has 4 aliphatic rings. The first-order valence-electron chi connectivity index (χ1n) is 28.3. The molecular weight excluding hydrogens is 975 g/mol. The van der Waals surface area contributed by atoms with Crippen molar-refractivity contribution < 1.29 is 0 Å². The smallest absolute Gasteiger partial charge is 0.0726 e. The molecule has 2 spiro atoms. The van der Waals surface area contributed by atoms with Gasteiger partial charge in [0.25, 0.3) is 0 Å². The summed E-state index contributed by atoms with van der Waals surface area (Å²) in [6.45, 7) is 0. The second-order valence-electron chi connectivity index (χ2n) is 22.1. The van der Waals surface area contributed by atoms with E-state index in [1.165, 1.54) is 134 Å². The summed E-state index contributed by atoms with van der Waals surface area (Å²) in [5, 5.41) is 0. The largest absolute Gasteiger partial charge is 0.310 e. The molecule has 0 N–H and O–H groups in total. The Morgan fingerprint density at radius 1 is 0.185 bits per heavy atom. The number of para-hydroxylation sites is 1. The maximum absolute atomic E-state index is 2.54. The summed E-state index contributed by atoms with van der Waals surface area (Å²) < 4.78 is 0. The molecule has 13 aromatic carbocycles. The molecule has 0 atom stereocenters. The summed E-state index contributed by atoms with van der Waals surface area (Å²) in [5.41, 5.74) is 32.8. The molecule has 0 saturated carbocycles. The molecule has 0 bridgehead atoms. The van der Waals surface area contributed by atoms with E-state index >= 15 is 0 Å². The highest BCUT2D eigenvalue weighted by Gasteiger charge is 2.54. The molecule has 13 aromatic rings. The number of benzene rings is 13. The third kappa shape index (κ3) is 6.32. The van der Waals surface area contributed by atoms with Crippen LogP contribution in [0.15, 0.2) is 309 Å². The molecule has 0 amide bonds. The quantitative estimate of drug-likeness (QED) is 0.154. The number of nitrogens with zero attached hydrogens (tertiary/aromatic N) is 1. The zero-order valence-corrected chi connectivity index (χ0v) is 44.4. The fraction of sp³-hybridized carbons (Fsp3) is 0.0250. The van der Waals surface area contributed by atoms with E-state index in [0.29, 0.717) is 0 Å². The minimum Gasteiger partial charge on any atom is -0.310 e. The van der Waals surface area contributed by atoms with Gasteiger partial charge in [-0.3, -0.25) is 0 Å². The highest BCUT2D eigenvalue weighted by Crippen LogP contribution is 2.67. The van der Waals surface area contributed by atoms with Crippen LogP contribution in [0.5, 0.6) is 0 Å². The van der Waals surface area contributed by atoms with Crippen molar-refractivity contribution in [2.75, 3.05) is 4.90 Å². The third-order valence-electron chi connectivity index (χ3n) is 18.3. The van der Waals surface area contributed by atoms with E-state index in [9.17, 15) is 0 Å². The van der Waals surface area contributed by atoms with Crippen LogP contribution >= 0.6 is 0 Å². The molecule has 0 aromatic heterocycles. The van der Waals surface area contributed by atoms with Gasteiger partial charge in [-0.15, -0.1) is 0 Å². The van der Waals surface area contributed by atoms with Crippen LogP contribution in [-0.2, 0) is 10.8 Å². The Morgan fingerprint density at radius 2 is 0.519 bits per heavy atom. The average molecular weight is 1030 g/mol. The maximum Gasteiger partial charge on any atom is 0.0726 e. The molecule has 17 rings (SSSR count). The molecule has 376 valence electrons. The molecule has 81 heavy (non-hydrogen) atoms. The Labute approximate surface area is 473 Å². The standard InChI is InChI=1S/C80H51N/c1-3-21-52(22-4-1)53-41-43-54(44-42-53)55-45-47-57(48-46-55)81(58-49-50-67-75(51-58)80(70-35-15-9-27-62(70)63-28-10-16-36-71(63)80)73-38-19-31-59(77(67)73)56-23-5-2-6-24-56)76-40-18-12-29-64(76)65-32-20-39-74-78(65)66-30-11-17-37-72(66)79(74)68-33-13-7-25-60(68)61-26-8-14-34-69(61)79/h1-51H. The highest BCUT2D eigenvalue weighted by molar-refractivity contribution is 6.04. The summed E-state index contributed by atoms with van der Waals surface area (Å²) in [4.78, 5) is 2.54. The normalized spacial score (nSPS) is 13.6. The van der Waals surface area contributed by atoms with Gasteiger partial charge in [0.2, 0.25) is 0 Å². The van der Waals surface area contributed by atoms with Crippen LogP contribution < -0.4 is 4.90 Å². The molecular formula is C80H51N. The van der Waals surface area contributed by atoms with Crippen LogP contribution in [-0.4, -0.2) is 0 Å². The van der Waals surface area contributed by atoms with E-state index in [2.05, 4.69) is 314 Å². The zero-order valence-electron chi connectivity index (χ0n) is 44.4. The van der Waals surface area contributed by atoms with Gasteiger partial charge in [-0.2, -0.15) is 0 Å². The number of rotatable bonds is 7. The van der Waals surface area contributed by atoms with Gasteiger partial charge in [0.1, 0.15) is 0 Å². The topological polar surface area (TPSA) is 3.24 Å². The third-order valence-corrected chi connectivity index (χ3v) is 18.3. The SMILES string of the molecule is c1ccc(-c2ccc(-c3ccc(N(c4ccc5c(c4)C4(c6ccccc6-c6ccccc64)c4cccc(-c6ccccc6)c4-5)c4ccccc4-c4cccc5c4-c4ccccc4C54c5ccccc5-c5ccccc54)cc3)cc2)cc1. The van der Waals surface area contributed by atoms with Crippen molar-refractivity contribution in [1.82, 2.24) is 0 Å². The molecule has 1 heteroatoms. The van der Waals surface area contributed by atoms with Crippen molar-refractivity contribution >= 4 is 17.1 Å². The fourth-order valence-corrected chi connectivity index (χ4v) is 15.2. The summed E-state index contributed by atoms with van der Waals surface area (Å²) in [6.07, 6.45) is 0. The summed E-state index contributed by atoms with van der Waals surface area (Å²) >= 11 is 0. The van der Waals surface area contributed by atoms with E-state index in [0.717, 1.165) is 17.1 Å². The summed E-state index contributed by atoms with van der Waals surface area (Å²) in [5.74, 6) is 0. The molecule has 0 fully saturated rings. The van der Waals surface area contributed by atoms with Crippen LogP contribution in [0, 0.1) is 0 Å². The van der Waals surface area contributed by atoms with E-state index in [1.807, 2.05) is 0 Å². The van der Waals surface area contributed by atoms with Crippen molar-refractivity contribution in [2.24, 2.45) is 0 Å². The first-order chi connectivity index (χ1) is 40.2. The molecule has 0 unspecified atom stereocenters. The fourth-order valence-electron chi connectivity index (χ4n) is 15.2. The molecule has 0 radical (unpaired) electrons. The Bertz CT molecular complexity index is 4590. The zero-order chi connectivity index (χ0) is 53.2. The Hall–Kier alpha value is -10.3. The second-order valence-corrected chi connectivity index (χ2v) is 22.1. The lowest BCUT2D eigenvalue weighted by Gasteiger charge is -2.33. The van der Waals surface area contributed by atoms with Crippen LogP contribution in [0.4, 0.5) is 17.1 Å². The van der Waals surface area contributed by atoms with Gasteiger partial charge in [0.15, 0.2) is 0 Å². The van der Waals surface area contributed by atoms with Crippen molar-refractivity contribution in [3.63, 3.8) is 0 Å². The predicted molar refractivity (Wildman–Crippen MR) is 335 cm³/mol. The van der Waals surface area contributed by atoms with Gasteiger partial charge in [-0.05, 0) is 158 Å². The number of hydrogen-bond donors (Lipinski definition) is 0. The van der Waals surface area contributed by atoms with Crippen molar-refractivity contribution in [3.05, 3.63) is 354 Å². The minimum atomic E-state index is -0.564. The Balaban J connectivity index is 0.907. The van der Waals surface area contributed by atoms with Gasteiger partial charge in [-0.1, -0.05) is 279 Å². The Morgan fingerprint density at radius 3 is 1.05 bits per heavy atom. The monoisotopic (exact) mass is 1030 g/mol. The molecule has 1 nitrogen and oxygen atoms in total. The lowest BCUT2D eigenvalue weighted by atomic mass is 9.70. The molecule has 0 heterocycles. The van der Waals surface area contributed by atoms with E-state index in [-0.39, 0.29) is 0 Å². The van der Waals surface area contributed by atoms with E-state index in [1.54, 1.807) is 0 Å². The number of anilines is 3. The minimum absolute atomic E-state index is 0.464. The van der Waals surface area contributed by atoms with Gasteiger partial charge in [0.05, 0.1) is 16.5 Å². The summed E-state index contributed by atoms with van der Waals surface area (Å²) in [6, 6.07) is 116. The van der Waals surface area contributed by atoms with Crippen molar-refractivity contribution in [3.8, 4) is 89.0 Å². The highest BCUT2D eigenvalue weighted by atomic mass is 15.1. The molecule has 4 aliphatic carbocycles.